The summed E-state index contributed by atoms with van der Waals surface area (Å²) in [4.78, 5) is 2.25. The number of aromatic nitrogens is 4. The van der Waals surface area contributed by atoms with Gasteiger partial charge in [0, 0.05) is 23.9 Å². The quantitative estimate of drug-likeness (QED) is 0.241. The Morgan fingerprint density at radius 2 is 1.07 bits per heavy atom. The van der Waals surface area contributed by atoms with Crippen LogP contribution in [0.5, 0.6) is 0 Å². The third-order valence-corrected chi connectivity index (χ3v) is 6.88. The van der Waals surface area contributed by atoms with Gasteiger partial charge in [-0.1, -0.05) is 48.5 Å². The van der Waals surface area contributed by atoms with Crippen molar-refractivity contribution in [1.29, 1.82) is 0 Å². The highest BCUT2D eigenvalue weighted by molar-refractivity contribution is 5.91. The molecule has 0 aliphatic rings. The zero-order valence-electron chi connectivity index (χ0n) is 22.6. The van der Waals surface area contributed by atoms with E-state index in [2.05, 4.69) is 36.0 Å². The van der Waals surface area contributed by atoms with Gasteiger partial charge in [0.2, 0.25) is 0 Å². The van der Waals surface area contributed by atoms with Crippen LogP contribution in [0.15, 0.2) is 97.1 Å². The molecule has 40 heavy (non-hydrogen) atoms. The zero-order valence-corrected chi connectivity index (χ0v) is 22.6. The summed E-state index contributed by atoms with van der Waals surface area (Å²) in [7, 11) is 0. The van der Waals surface area contributed by atoms with E-state index in [-0.39, 0.29) is 11.6 Å². The van der Waals surface area contributed by atoms with Gasteiger partial charge in [0.25, 0.3) is 0 Å². The Hall–Kier alpha value is -4.72. The molecular formula is C32H32F2N6. The molecule has 0 aliphatic carbocycles. The van der Waals surface area contributed by atoms with Crippen LogP contribution in [0, 0.1) is 11.6 Å². The maximum atomic E-state index is 13.1. The van der Waals surface area contributed by atoms with E-state index < -0.39 is 0 Å². The summed E-state index contributed by atoms with van der Waals surface area (Å²) in [6.45, 7) is 7.34. The summed E-state index contributed by atoms with van der Waals surface area (Å²) in [6.07, 6.45) is 0. The number of halogens is 2. The molecule has 0 fully saturated rings. The van der Waals surface area contributed by atoms with Crippen molar-refractivity contribution in [3.05, 3.63) is 120 Å². The van der Waals surface area contributed by atoms with E-state index >= 15 is 0 Å². The highest BCUT2D eigenvalue weighted by Gasteiger charge is 2.14. The number of nitrogens with zero attached hydrogens (tertiary/aromatic N) is 5. The Labute approximate surface area is 232 Å². The van der Waals surface area contributed by atoms with E-state index in [0.29, 0.717) is 18.9 Å². The van der Waals surface area contributed by atoms with Gasteiger partial charge in [-0.3, -0.25) is 9.36 Å². The summed E-state index contributed by atoms with van der Waals surface area (Å²) in [5, 5.41) is 11.2. The number of nitrogens with two attached hydrogens (primary N) is 1. The van der Waals surface area contributed by atoms with Crippen molar-refractivity contribution < 1.29 is 8.78 Å². The smallest absolute Gasteiger partial charge is 0.158 e. The molecule has 0 saturated heterocycles. The van der Waals surface area contributed by atoms with Crippen LogP contribution in [0.1, 0.15) is 25.0 Å². The number of hydrogen-bond donors (Lipinski definition) is 1. The van der Waals surface area contributed by atoms with Crippen LogP contribution in [0.4, 0.5) is 20.4 Å². The van der Waals surface area contributed by atoms with Gasteiger partial charge in [-0.25, -0.2) is 8.78 Å². The monoisotopic (exact) mass is 538 g/mol. The fourth-order valence-electron chi connectivity index (χ4n) is 4.79. The van der Waals surface area contributed by atoms with Crippen LogP contribution < -0.4 is 10.6 Å². The van der Waals surface area contributed by atoms with E-state index in [9.17, 15) is 8.78 Å². The molecule has 4 aromatic carbocycles. The van der Waals surface area contributed by atoms with Crippen molar-refractivity contribution in [2.24, 2.45) is 0 Å². The molecule has 6 nitrogen and oxygen atoms in total. The lowest BCUT2D eigenvalue weighted by atomic mass is 10.2. The highest BCUT2D eigenvalue weighted by atomic mass is 19.1. The van der Waals surface area contributed by atoms with Gasteiger partial charge in [-0.15, -0.1) is 0 Å². The lowest BCUT2D eigenvalue weighted by molar-refractivity contribution is 0.625. The molecule has 8 heteroatoms. The minimum absolute atomic E-state index is 0.210. The van der Waals surface area contributed by atoms with Gasteiger partial charge in [0.05, 0.1) is 24.1 Å². The SMILES string of the molecule is CCN(CC)c1nn(Cc2ccc(F)cc2)c2ccccc12.Nc1nn(Cc2ccc(F)cc2)c2ccccc12. The molecule has 204 valence electrons. The average Bonchev–Trinajstić information content (AvgIpc) is 3.50. The fraction of sp³-hybridized carbons (Fsp3) is 0.188. The number of anilines is 2. The van der Waals surface area contributed by atoms with Crippen molar-refractivity contribution >= 4 is 33.4 Å². The molecule has 0 radical (unpaired) electrons. The van der Waals surface area contributed by atoms with E-state index in [1.165, 1.54) is 24.3 Å². The Kier molecular flexibility index (Phi) is 8.05. The molecule has 0 amide bonds. The summed E-state index contributed by atoms with van der Waals surface area (Å²) < 4.78 is 29.7. The molecule has 2 aromatic heterocycles. The minimum Gasteiger partial charge on any atom is -0.382 e. The first kappa shape index (κ1) is 26.9. The van der Waals surface area contributed by atoms with Gasteiger partial charge in [-0.2, -0.15) is 10.2 Å². The van der Waals surface area contributed by atoms with E-state index in [1.54, 1.807) is 12.1 Å². The predicted molar refractivity (Wildman–Crippen MR) is 158 cm³/mol. The molecule has 0 spiro atoms. The van der Waals surface area contributed by atoms with Crippen molar-refractivity contribution in [1.82, 2.24) is 19.6 Å². The van der Waals surface area contributed by atoms with Crippen molar-refractivity contribution in [3.63, 3.8) is 0 Å². The van der Waals surface area contributed by atoms with Gasteiger partial charge in [-0.05, 0) is 73.5 Å². The Bertz CT molecular complexity index is 1700. The second-order valence-corrected chi connectivity index (χ2v) is 9.48. The summed E-state index contributed by atoms with van der Waals surface area (Å²) in [5.74, 6) is 1.09. The molecule has 0 bridgehead atoms. The Morgan fingerprint density at radius 3 is 1.60 bits per heavy atom. The molecule has 6 aromatic rings. The Morgan fingerprint density at radius 1 is 0.625 bits per heavy atom. The topological polar surface area (TPSA) is 64.9 Å². The van der Waals surface area contributed by atoms with Crippen LogP contribution in [0.25, 0.3) is 21.8 Å². The zero-order chi connectivity index (χ0) is 28.1. The standard InChI is InChI=1S/C18H20FN3.C14H12FN3/c1-3-21(4-2)18-16-7-5-6-8-17(16)22(20-18)13-14-9-11-15(19)12-10-14;15-11-7-5-10(6-8-11)9-18-13-4-2-1-3-12(13)14(16)17-18/h5-12H,3-4,13H2,1-2H3;1-8H,9H2,(H2,16,17). The van der Waals surface area contributed by atoms with Crippen molar-refractivity contribution in [3.8, 4) is 0 Å². The molecule has 0 aliphatic heterocycles. The number of para-hydroxylation sites is 2. The largest absolute Gasteiger partial charge is 0.382 e. The molecule has 6 rings (SSSR count). The maximum absolute atomic E-state index is 13.1. The van der Waals surface area contributed by atoms with Gasteiger partial charge in [0.15, 0.2) is 11.6 Å². The Balaban J connectivity index is 0.000000164. The molecule has 0 saturated carbocycles. The lowest BCUT2D eigenvalue weighted by Crippen LogP contribution is -2.22. The van der Waals surface area contributed by atoms with Gasteiger partial charge < -0.3 is 10.6 Å². The third kappa shape index (κ3) is 5.81. The maximum Gasteiger partial charge on any atom is 0.158 e. The number of nitrogen functional groups attached to an aromatic ring is 1. The van der Waals surface area contributed by atoms with Crippen LogP contribution >= 0.6 is 0 Å². The predicted octanol–water partition coefficient (Wildman–Crippen LogP) is 6.88. The highest BCUT2D eigenvalue weighted by Crippen LogP contribution is 2.26. The molecule has 0 atom stereocenters. The van der Waals surface area contributed by atoms with Crippen LogP contribution in [-0.4, -0.2) is 32.7 Å². The molecule has 2 heterocycles. The number of fused-ring (bicyclic) bond motifs is 2. The lowest BCUT2D eigenvalue weighted by Gasteiger charge is -2.18. The number of benzene rings is 4. The van der Waals surface area contributed by atoms with E-state index in [4.69, 9.17) is 10.8 Å². The first-order chi connectivity index (χ1) is 19.5. The van der Waals surface area contributed by atoms with Crippen LogP contribution in [0.2, 0.25) is 0 Å². The molecule has 2 N–H and O–H groups in total. The van der Waals surface area contributed by atoms with Crippen molar-refractivity contribution in [2.75, 3.05) is 23.7 Å². The number of rotatable bonds is 7. The average molecular weight is 539 g/mol. The number of hydrogen-bond acceptors (Lipinski definition) is 4. The van der Waals surface area contributed by atoms with E-state index in [0.717, 1.165) is 51.8 Å². The second kappa shape index (κ2) is 12.0. The van der Waals surface area contributed by atoms with Gasteiger partial charge >= 0.3 is 0 Å². The molecule has 0 unspecified atom stereocenters. The van der Waals surface area contributed by atoms with Crippen LogP contribution in [-0.2, 0) is 13.1 Å². The summed E-state index contributed by atoms with van der Waals surface area (Å²) in [5.41, 5.74) is 9.99. The minimum atomic E-state index is -0.233. The van der Waals surface area contributed by atoms with E-state index in [1.807, 2.05) is 57.9 Å². The van der Waals surface area contributed by atoms with Crippen LogP contribution in [0.3, 0.4) is 0 Å². The van der Waals surface area contributed by atoms with Gasteiger partial charge in [0.1, 0.15) is 11.6 Å². The molecular weight excluding hydrogens is 506 g/mol. The summed E-state index contributed by atoms with van der Waals surface area (Å²) >= 11 is 0. The van der Waals surface area contributed by atoms with Crippen molar-refractivity contribution in [2.45, 2.75) is 26.9 Å². The first-order valence-electron chi connectivity index (χ1n) is 13.4. The summed E-state index contributed by atoms with van der Waals surface area (Å²) in [6, 6.07) is 29.1. The normalized spacial score (nSPS) is 11.0. The first-order valence-corrected chi connectivity index (χ1v) is 13.4. The fourth-order valence-corrected chi connectivity index (χ4v) is 4.79. The second-order valence-electron chi connectivity index (χ2n) is 9.48. The third-order valence-electron chi connectivity index (χ3n) is 6.88.